The summed E-state index contributed by atoms with van der Waals surface area (Å²) in [6.45, 7) is 5.23. The molecule has 1 rings (SSSR count). The minimum Gasteiger partial charge on any atom is -0.481 e. The zero-order valence-corrected chi connectivity index (χ0v) is 10.2. The molecule has 0 saturated heterocycles. The molecule has 1 unspecified atom stereocenters. The van der Waals surface area contributed by atoms with Gasteiger partial charge < -0.3 is 10.0 Å². The van der Waals surface area contributed by atoms with E-state index >= 15 is 0 Å². The lowest BCUT2D eigenvalue weighted by molar-refractivity contribution is -0.141. The molecular formula is C11H17NO2S. The van der Waals surface area contributed by atoms with E-state index in [9.17, 15) is 4.79 Å². The van der Waals surface area contributed by atoms with E-state index in [1.54, 1.807) is 18.3 Å². The van der Waals surface area contributed by atoms with Crippen molar-refractivity contribution in [1.29, 1.82) is 0 Å². The van der Waals surface area contributed by atoms with Gasteiger partial charge in [-0.25, -0.2) is 0 Å². The number of rotatable bonds is 5. The van der Waals surface area contributed by atoms with Crippen LogP contribution in [-0.4, -0.2) is 29.6 Å². The molecule has 0 spiro atoms. The summed E-state index contributed by atoms with van der Waals surface area (Å²) in [6, 6.07) is 4.19. The first kappa shape index (κ1) is 12.2. The Morgan fingerprint density at radius 2 is 2.27 bits per heavy atom. The maximum absolute atomic E-state index is 10.7. The topological polar surface area (TPSA) is 40.5 Å². The highest BCUT2D eigenvalue weighted by Gasteiger charge is 2.13. The summed E-state index contributed by atoms with van der Waals surface area (Å²) in [6.07, 6.45) is 0. The van der Waals surface area contributed by atoms with E-state index in [2.05, 4.69) is 19.1 Å². The molecule has 3 nitrogen and oxygen atoms in total. The highest BCUT2D eigenvalue weighted by molar-refractivity contribution is 7.11. The first-order valence-corrected chi connectivity index (χ1v) is 5.77. The molecule has 0 fully saturated rings. The fraction of sp³-hybridized carbons (Fsp3) is 0.545. The van der Waals surface area contributed by atoms with E-state index < -0.39 is 5.97 Å². The Hall–Kier alpha value is -0.870. The Morgan fingerprint density at radius 3 is 2.73 bits per heavy atom. The maximum Gasteiger partial charge on any atom is 0.307 e. The minimum atomic E-state index is -0.732. The molecule has 1 N–H and O–H groups in total. The third-order valence-electron chi connectivity index (χ3n) is 2.23. The lowest BCUT2D eigenvalue weighted by Crippen LogP contribution is -2.27. The van der Waals surface area contributed by atoms with E-state index in [4.69, 9.17) is 5.11 Å². The van der Waals surface area contributed by atoms with E-state index in [1.807, 2.05) is 11.9 Å². The molecule has 0 saturated carbocycles. The van der Waals surface area contributed by atoms with Gasteiger partial charge in [0, 0.05) is 22.8 Å². The molecule has 0 aromatic carbocycles. The summed E-state index contributed by atoms with van der Waals surface area (Å²) in [7, 11) is 1.95. The number of aryl methyl sites for hydroxylation is 1. The van der Waals surface area contributed by atoms with Crippen molar-refractivity contribution in [2.75, 3.05) is 13.6 Å². The van der Waals surface area contributed by atoms with Crippen LogP contribution in [0.25, 0.3) is 0 Å². The standard InChI is InChI=1S/C11H17NO2S/c1-8(11(13)14)6-12(3)7-10-5-4-9(2)15-10/h4-5,8H,6-7H2,1-3H3,(H,13,14). The number of hydrogen-bond acceptors (Lipinski definition) is 3. The smallest absolute Gasteiger partial charge is 0.307 e. The van der Waals surface area contributed by atoms with E-state index in [1.165, 1.54) is 9.75 Å². The van der Waals surface area contributed by atoms with E-state index in [0.717, 1.165) is 6.54 Å². The molecule has 15 heavy (non-hydrogen) atoms. The zero-order chi connectivity index (χ0) is 11.4. The fourth-order valence-corrected chi connectivity index (χ4v) is 2.42. The normalized spacial score (nSPS) is 13.1. The van der Waals surface area contributed by atoms with Crippen LogP contribution in [-0.2, 0) is 11.3 Å². The first-order valence-electron chi connectivity index (χ1n) is 4.95. The highest BCUT2D eigenvalue weighted by Crippen LogP contribution is 2.16. The van der Waals surface area contributed by atoms with Gasteiger partial charge in [0.2, 0.25) is 0 Å². The van der Waals surface area contributed by atoms with Crippen LogP contribution in [0.4, 0.5) is 0 Å². The average molecular weight is 227 g/mol. The van der Waals surface area contributed by atoms with Crippen molar-refractivity contribution in [2.24, 2.45) is 5.92 Å². The molecular weight excluding hydrogens is 210 g/mol. The maximum atomic E-state index is 10.7. The quantitative estimate of drug-likeness (QED) is 0.838. The summed E-state index contributed by atoms with van der Waals surface area (Å²) in [5.74, 6) is -1.04. The van der Waals surface area contributed by atoms with Gasteiger partial charge in [-0.2, -0.15) is 0 Å². The minimum absolute atomic E-state index is 0.309. The van der Waals surface area contributed by atoms with Crippen LogP contribution in [0.2, 0.25) is 0 Å². The SMILES string of the molecule is Cc1ccc(CN(C)CC(C)C(=O)O)s1. The van der Waals surface area contributed by atoms with Crippen molar-refractivity contribution < 1.29 is 9.90 Å². The molecule has 0 amide bonds. The predicted molar refractivity (Wildman–Crippen MR) is 62.2 cm³/mol. The molecule has 1 aromatic heterocycles. The van der Waals surface area contributed by atoms with Crippen LogP contribution in [0.5, 0.6) is 0 Å². The number of aliphatic carboxylic acids is 1. The first-order chi connectivity index (χ1) is 6.99. The van der Waals surface area contributed by atoms with Gasteiger partial charge in [0.05, 0.1) is 5.92 Å². The Labute approximate surface area is 94.3 Å². The van der Waals surface area contributed by atoms with Gasteiger partial charge in [0.15, 0.2) is 0 Å². The van der Waals surface area contributed by atoms with Gasteiger partial charge in [-0.3, -0.25) is 4.79 Å². The molecule has 1 atom stereocenters. The van der Waals surface area contributed by atoms with Crippen molar-refractivity contribution in [3.63, 3.8) is 0 Å². The lowest BCUT2D eigenvalue weighted by atomic mass is 10.2. The third kappa shape index (κ3) is 4.01. The van der Waals surface area contributed by atoms with Crippen LogP contribution in [0.3, 0.4) is 0 Å². The summed E-state index contributed by atoms with van der Waals surface area (Å²) < 4.78 is 0. The summed E-state index contributed by atoms with van der Waals surface area (Å²) in [4.78, 5) is 15.3. The van der Waals surface area contributed by atoms with Gasteiger partial charge >= 0.3 is 5.97 Å². The van der Waals surface area contributed by atoms with Gasteiger partial charge in [0.25, 0.3) is 0 Å². The van der Waals surface area contributed by atoms with Gasteiger partial charge in [0.1, 0.15) is 0 Å². The third-order valence-corrected chi connectivity index (χ3v) is 3.21. The second-order valence-electron chi connectivity index (χ2n) is 3.95. The molecule has 0 bridgehead atoms. The molecule has 4 heteroatoms. The molecule has 0 aliphatic rings. The Bertz CT molecular complexity index is 335. The van der Waals surface area contributed by atoms with Gasteiger partial charge in [-0.05, 0) is 26.1 Å². The number of carboxylic acid groups (broad SMARTS) is 1. The fourth-order valence-electron chi connectivity index (χ4n) is 1.45. The zero-order valence-electron chi connectivity index (χ0n) is 9.36. The van der Waals surface area contributed by atoms with E-state index in [-0.39, 0.29) is 5.92 Å². The van der Waals surface area contributed by atoms with Gasteiger partial charge in [-0.15, -0.1) is 11.3 Å². The van der Waals surface area contributed by atoms with Crippen molar-refractivity contribution in [3.05, 3.63) is 21.9 Å². The second-order valence-corrected chi connectivity index (χ2v) is 5.32. The average Bonchev–Trinajstić information content (AvgIpc) is 2.50. The van der Waals surface area contributed by atoms with Gasteiger partial charge in [-0.1, -0.05) is 6.92 Å². The molecule has 84 valence electrons. The van der Waals surface area contributed by atoms with Crippen molar-refractivity contribution >= 4 is 17.3 Å². The van der Waals surface area contributed by atoms with Crippen LogP contribution >= 0.6 is 11.3 Å². The molecule has 0 aliphatic heterocycles. The largest absolute Gasteiger partial charge is 0.481 e. The lowest BCUT2D eigenvalue weighted by Gasteiger charge is -2.17. The molecule has 1 aromatic rings. The summed E-state index contributed by atoms with van der Waals surface area (Å²) >= 11 is 1.76. The number of nitrogens with zero attached hydrogens (tertiary/aromatic N) is 1. The number of carbonyl (C=O) groups is 1. The van der Waals surface area contributed by atoms with Crippen molar-refractivity contribution in [3.8, 4) is 0 Å². The summed E-state index contributed by atoms with van der Waals surface area (Å²) in [5, 5.41) is 8.78. The Morgan fingerprint density at radius 1 is 1.60 bits per heavy atom. The Balaban J connectivity index is 2.42. The van der Waals surface area contributed by atoms with E-state index in [0.29, 0.717) is 6.54 Å². The number of carboxylic acids is 1. The second kappa shape index (κ2) is 5.28. The molecule has 1 heterocycles. The number of hydrogen-bond donors (Lipinski definition) is 1. The molecule has 0 aliphatic carbocycles. The number of thiophene rings is 1. The summed E-state index contributed by atoms with van der Waals surface area (Å²) in [5.41, 5.74) is 0. The predicted octanol–water partition coefficient (Wildman–Crippen LogP) is 2.21. The van der Waals surface area contributed by atoms with Crippen LogP contribution in [0.15, 0.2) is 12.1 Å². The van der Waals surface area contributed by atoms with Crippen molar-refractivity contribution in [1.82, 2.24) is 4.90 Å². The van der Waals surface area contributed by atoms with Crippen LogP contribution < -0.4 is 0 Å². The Kier molecular flexibility index (Phi) is 4.29. The van der Waals surface area contributed by atoms with Crippen LogP contribution in [0.1, 0.15) is 16.7 Å². The monoisotopic (exact) mass is 227 g/mol. The molecule has 0 radical (unpaired) electrons. The van der Waals surface area contributed by atoms with Crippen LogP contribution in [0, 0.1) is 12.8 Å². The highest BCUT2D eigenvalue weighted by atomic mass is 32.1. The van der Waals surface area contributed by atoms with Crippen molar-refractivity contribution in [2.45, 2.75) is 20.4 Å².